The zero-order valence-corrected chi connectivity index (χ0v) is 29.9. The third-order valence-corrected chi connectivity index (χ3v) is 10.9. The van der Waals surface area contributed by atoms with E-state index in [-0.39, 0.29) is 35.5 Å². The van der Waals surface area contributed by atoms with Crippen LogP contribution in [0.3, 0.4) is 0 Å². The smallest absolute Gasteiger partial charge is 0.264 e. The average Bonchev–Trinajstić information content (AvgIpc) is 3.59. The Hall–Kier alpha value is -3.86. The number of nitrogens with zero attached hydrogens (tertiary/aromatic N) is 2. The van der Waals surface area contributed by atoms with E-state index in [2.05, 4.69) is 21.2 Å². The first-order valence-corrected chi connectivity index (χ1v) is 18.6. The van der Waals surface area contributed by atoms with Crippen molar-refractivity contribution in [1.29, 1.82) is 0 Å². The largest absolute Gasteiger partial charge is 0.494 e. The zero-order chi connectivity index (χ0) is 34.1. The summed E-state index contributed by atoms with van der Waals surface area (Å²) in [4.78, 5) is 30.3. The van der Waals surface area contributed by atoms with Gasteiger partial charge in [-0.15, -0.1) is 0 Å². The van der Waals surface area contributed by atoms with Crippen molar-refractivity contribution in [3.63, 3.8) is 0 Å². The van der Waals surface area contributed by atoms with Gasteiger partial charge in [-0.25, -0.2) is 8.42 Å². The molecule has 4 aromatic carbocycles. The molecule has 1 aliphatic rings. The number of carbonyl (C=O) groups is 2. The summed E-state index contributed by atoms with van der Waals surface area (Å²) in [5.74, 6) is -0.237. The van der Waals surface area contributed by atoms with Gasteiger partial charge in [0, 0.05) is 28.5 Å². The molecule has 0 radical (unpaired) electrons. The highest BCUT2D eigenvalue weighted by Crippen LogP contribution is 2.28. The summed E-state index contributed by atoms with van der Waals surface area (Å²) in [6.45, 7) is 1.81. The first kappa shape index (κ1) is 35.4. The van der Waals surface area contributed by atoms with Crippen molar-refractivity contribution in [3.05, 3.63) is 124 Å². The fourth-order valence-corrected chi connectivity index (χ4v) is 7.78. The van der Waals surface area contributed by atoms with Crippen LogP contribution in [0.2, 0.25) is 5.02 Å². The molecule has 0 bridgehead atoms. The van der Waals surface area contributed by atoms with E-state index in [1.807, 2.05) is 43.3 Å². The van der Waals surface area contributed by atoms with E-state index in [1.54, 1.807) is 54.6 Å². The van der Waals surface area contributed by atoms with Crippen LogP contribution in [-0.4, -0.2) is 50.4 Å². The maximum atomic E-state index is 14.7. The summed E-state index contributed by atoms with van der Waals surface area (Å²) in [5, 5.41) is 3.68. The maximum absolute atomic E-state index is 14.7. The van der Waals surface area contributed by atoms with E-state index < -0.39 is 28.5 Å². The fraction of sp³-hybridized carbons (Fsp3) is 0.297. The van der Waals surface area contributed by atoms with Crippen LogP contribution >= 0.6 is 27.5 Å². The third-order valence-electron chi connectivity index (χ3n) is 8.33. The van der Waals surface area contributed by atoms with Gasteiger partial charge >= 0.3 is 0 Å². The molecular weight excluding hydrogens is 714 g/mol. The van der Waals surface area contributed by atoms with Crippen LogP contribution in [0.25, 0.3) is 0 Å². The molecule has 0 heterocycles. The number of sulfonamides is 1. The second kappa shape index (κ2) is 16.5. The number of hydrogen-bond donors (Lipinski definition) is 1. The normalized spacial score (nSPS) is 13.9. The van der Waals surface area contributed by atoms with Gasteiger partial charge in [-0.3, -0.25) is 13.9 Å². The topological polar surface area (TPSA) is 96.0 Å². The Morgan fingerprint density at radius 3 is 2.23 bits per heavy atom. The summed E-state index contributed by atoms with van der Waals surface area (Å²) < 4.78 is 35.9. The Kier molecular flexibility index (Phi) is 12.2. The van der Waals surface area contributed by atoms with E-state index in [0.717, 1.165) is 40.0 Å². The summed E-state index contributed by atoms with van der Waals surface area (Å²) in [5.41, 5.74) is 1.87. The quantitative estimate of drug-likeness (QED) is 0.145. The minimum absolute atomic E-state index is 0.0218. The number of ether oxygens (including phenoxy) is 1. The van der Waals surface area contributed by atoms with Crippen molar-refractivity contribution in [2.45, 2.75) is 62.6 Å². The Labute approximate surface area is 296 Å². The molecule has 0 spiro atoms. The summed E-state index contributed by atoms with van der Waals surface area (Å²) in [6.07, 6.45) is 4.06. The molecule has 0 saturated heterocycles. The molecule has 2 amide bonds. The van der Waals surface area contributed by atoms with Crippen molar-refractivity contribution < 1.29 is 22.7 Å². The predicted molar refractivity (Wildman–Crippen MR) is 193 cm³/mol. The lowest BCUT2D eigenvalue weighted by molar-refractivity contribution is -0.140. The van der Waals surface area contributed by atoms with Gasteiger partial charge in [-0.2, -0.15) is 0 Å². The molecule has 11 heteroatoms. The molecule has 4 aromatic rings. The number of halogens is 2. The first-order valence-electron chi connectivity index (χ1n) is 16.0. The predicted octanol–water partition coefficient (Wildman–Crippen LogP) is 7.40. The molecule has 0 aliphatic heterocycles. The lowest BCUT2D eigenvalue weighted by atomic mass is 10.0. The highest BCUT2D eigenvalue weighted by atomic mass is 79.9. The van der Waals surface area contributed by atoms with E-state index in [9.17, 15) is 18.0 Å². The van der Waals surface area contributed by atoms with Crippen LogP contribution in [0.4, 0.5) is 5.69 Å². The summed E-state index contributed by atoms with van der Waals surface area (Å²) in [7, 11) is -4.23. The molecule has 252 valence electrons. The first-order chi connectivity index (χ1) is 23.1. The molecule has 1 saturated carbocycles. The van der Waals surface area contributed by atoms with Crippen LogP contribution in [0, 0.1) is 0 Å². The molecule has 48 heavy (non-hydrogen) atoms. The van der Waals surface area contributed by atoms with Crippen LogP contribution in [0.1, 0.15) is 43.7 Å². The minimum Gasteiger partial charge on any atom is -0.494 e. The molecule has 1 N–H and O–H groups in total. The van der Waals surface area contributed by atoms with Crippen molar-refractivity contribution in [2.24, 2.45) is 0 Å². The maximum Gasteiger partial charge on any atom is 0.264 e. The van der Waals surface area contributed by atoms with Gasteiger partial charge in [0.25, 0.3) is 10.0 Å². The molecule has 5 rings (SSSR count). The SMILES string of the molecule is CCOc1ccc(N(CC(=O)N(Cc2cccc(Cl)c2)C(Cc2ccccc2)C(=O)NC2CCCC2)S(=O)(=O)c2ccc(Br)cc2)cc1. The number of anilines is 1. The van der Waals surface area contributed by atoms with Crippen molar-refractivity contribution in [1.82, 2.24) is 10.2 Å². The Balaban J connectivity index is 1.56. The van der Waals surface area contributed by atoms with Crippen LogP contribution in [0.15, 0.2) is 112 Å². The van der Waals surface area contributed by atoms with Crippen molar-refractivity contribution in [2.75, 3.05) is 17.5 Å². The van der Waals surface area contributed by atoms with Crippen molar-refractivity contribution in [3.8, 4) is 5.75 Å². The van der Waals surface area contributed by atoms with Gasteiger partial charge in [-0.05, 0) is 91.6 Å². The minimum atomic E-state index is -4.23. The Morgan fingerprint density at radius 1 is 0.917 bits per heavy atom. The number of amides is 2. The van der Waals surface area contributed by atoms with Gasteiger partial charge in [0.1, 0.15) is 18.3 Å². The summed E-state index contributed by atoms with van der Waals surface area (Å²) in [6, 6.07) is 28.6. The lowest BCUT2D eigenvalue weighted by Gasteiger charge is -2.34. The number of nitrogens with one attached hydrogen (secondary N) is 1. The average molecular weight is 753 g/mol. The summed E-state index contributed by atoms with van der Waals surface area (Å²) >= 11 is 9.72. The fourth-order valence-electron chi connectivity index (χ4n) is 5.89. The van der Waals surface area contributed by atoms with Gasteiger partial charge < -0.3 is 15.0 Å². The number of rotatable bonds is 14. The highest BCUT2D eigenvalue weighted by Gasteiger charge is 2.35. The van der Waals surface area contributed by atoms with Gasteiger partial charge in [0.2, 0.25) is 11.8 Å². The number of benzene rings is 4. The van der Waals surface area contributed by atoms with E-state index in [0.29, 0.717) is 22.9 Å². The second-order valence-electron chi connectivity index (χ2n) is 11.7. The number of hydrogen-bond acceptors (Lipinski definition) is 5. The van der Waals surface area contributed by atoms with Crippen LogP contribution < -0.4 is 14.4 Å². The second-order valence-corrected chi connectivity index (χ2v) is 15.0. The van der Waals surface area contributed by atoms with E-state index in [1.165, 1.54) is 17.0 Å². The van der Waals surface area contributed by atoms with Gasteiger partial charge in [-0.1, -0.05) is 82.8 Å². The zero-order valence-electron chi connectivity index (χ0n) is 26.7. The van der Waals surface area contributed by atoms with E-state index in [4.69, 9.17) is 16.3 Å². The molecule has 0 aromatic heterocycles. The van der Waals surface area contributed by atoms with Gasteiger partial charge in [0.15, 0.2) is 0 Å². The highest BCUT2D eigenvalue weighted by molar-refractivity contribution is 9.10. The molecular formula is C37H39BrClN3O5S. The standard InChI is InChI=1S/C37H39BrClN3O5S/c1-2-47-33-19-17-32(18-20-33)42(48(45,46)34-21-15-29(38)16-22-34)26-36(43)41(25-28-11-8-12-30(39)23-28)35(24-27-9-4-3-5-10-27)37(44)40-31-13-6-7-14-31/h3-5,8-12,15-23,31,35H,2,6-7,13-14,24-26H2,1H3,(H,40,44). The third kappa shape index (κ3) is 9.18. The molecule has 1 atom stereocenters. The van der Waals surface area contributed by atoms with E-state index >= 15 is 0 Å². The molecule has 1 fully saturated rings. The molecule has 8 nitrogen and oxygen atoms in total. The van der Waals surface area contributed by atoms with Crippen molar-refractivity contribution >= 4 is 55.1 Å². The Bertz CT molecular complexity index is 1780. The number of carbonyl (C=O) groups excluding carboxylic acids is 2. The van der Waals surface area contributed by atoms with Crippen LogP contribution in [-0.2, 0) is 32.6 Å². The molecule has 1 aliphatic carbocycles. The van der Waals surface area contributed by atoms with Crippen LogP contribution in [0.5, 0.6) is 5.75 Å². The Morgan fingerprint density at radius 2 is 1.58 bits per heavy atom. The molecule has 1 unspecified atom stereocenters. The van der Waals surface area contributed by atoms with Gasteiger partial charge in [0.05, 0.1) is 17.2 Å². The lowest BCUT2D eigenvalue weighted by Crippen LogP contribution is -2.54. The monoisotopic (exact) mass is 751 g/mol.